The minimum Gasteiger partial charge on any atom is -0.440 e. The summed E-state index contributed by atoms with van der Waals surface area (Å²) in [6.45, 7) is 0. The van der Waals surface area contributed by atoms with Crippen LogP contribution >= 0.6 is 11.3 Å². The molecule has 24 heavy (non-hydrogen) atoms. The van der Waals surface area contributed by atoms with Crippen molar-refractivity contribution in [2.75, 3.05) is 0 Å². The van der Waals surface area contributed by atoms with Gasteiger partial charge < -0.3 is 10.5 Å². The van der Waals surface area contributed by atoms with Gasteiger partial charge in [-0.25, -0.2) is 4.98 Å². The van der Waals surface area contributed by atoms with Crippen LogP contribution in [0.15, 0.2) is 66.1 Å². The van der Waals surface area contributed by atoms with Crippen molar-refractivity contribution in [2.45, 2.75) is 6.42 Å². The molecule has 3 aromatic rings. The van der Waals surface area contributed by atoms with Crippen LogP contribution in [-0.4, -0.2) is 4.98 Å². The standard InChI is InChI=1S/C19H13N3OS/c20-11-13-10-14(19-22-15-8-4-5-9-16(15)24-19)18(21)23-17(13)12-6-2-1-3-7-12/h1-9H,10,21H2. The molecule has 0 bridgehead atoms. The summed E-state index contributed by atoms with van der Waals surface area (Å²) in [5.41, 5.74) is 9.26. The molecule has 0 unspecified atom stereocenters. The van der Waals surface area contributed by atoms with Gasteiger partial charge in [0.2, 0.25) is 0 Å². The van der Waals surface area contributed by atoms with Crippen molar-refractivity contribution in [1.82, 2.24) is 4.98 Å². The molecule has 0 saturated carbocycles. The molecule has 1 aliphatic heterocycles. The fourth-order valence-electron chi connectivity index (χ4n) is 2.67. The van der Waals surface area contributed by atoms with Gasteiger partial charge in [-0.05, 0) is 12.1 Å². The van der Waals surface area contributed by atoms with E-state index in [0.717, 1.165) is 26.4 Å². The van der Waals surface area contributed by atoms with Crippen molar-refractivity contribution in [1.29, 1.82) is 5.26 Å². The summed E-state index contributed by atoms with van der Waals surface area (Å²) < 4.78 is 6.91. The van der Waals surface area contributed by atoms with Gasteiger partial charge in [-0.3, -0.25) is 0 Å². The van der Waals surface area contributed by atoms with Crippen LogP contribution in [0.3, 0.4) is 0 Å². The third-order valence-electron chi connectivity index (χ3n) is 3.86. The van der Waals surface area contributed by atoms with Gasteiger partial charge in [-0.1, -0.05) is 42.5 Å². The molecular formula is C19H13N3OS. The third kappa shape index (κ3) is 2.43. The lowest BCUT2D eigenvalue weighted by Gasteiger charge is -2.20. The van der Waals surface area contributed by atoms with Crippen LogP contribution in [0.4, 0.5) is 0 Å². The second kappa shape index (κ2) is 5.84. The first kappa shape index (κ1) is 14.5. The molecule has 0 fully saturated rings. The van der Waals surface area contributed by atoms with Crippen LogP contribution < -0.4 is 5.73 Å². The summed E-state index contributed by atoms with van der Waals surface area (Å²) in [6, 6.07) is 19.7. The van der Waals surface area contributed by atoms with Gasteiger partial charge in [0.15, 0.2) is 11.6 Å². The van der Waals surface area contributed by atoms with Gasteiger partial charge in [0.05, 0.1) is 27.4 Å². The summed E-state index contributed by atoms with van der Waals surface area (Å²) in [4.78, 5) is 4.62. The average molecular weight is 331 g/mol. The Morgan fingerprint density at radius 3 is 2.58 bits per heavy atom. The van der Waals surface area contributed by atoms with E-state index in [1.54, 1.807) is 11.3 Å². The van der Waals surface area contributed by atoms with Gasteiger partial charge in [0, 0.05) is 12.0 Å². The summed E-state index contributed by atoms with van der Waals surface area (Å²) in [6.07, 6.45) is 0.423. The van der Waals surface area contributed by atoms with E-state index in [9.17, 15) is 5.26 Å². The number of para-hydroxylation sites is 1. The molecular weight excluding hydrogens is 318 g/mol. The first-order valence-electron chi connectivity index (χ1n) is 7.47. The zero-order valence-electron chi connectivity index (χ0n) is 12.7. The molecule has 5 heteroatoms. The zero-order valence-corrected chi connectivity index (χ0v) is 13.5. The maximum Gasteiger partial charge on any atom is 0.197 e. The molecule has 1 aromatic heterocycles. The van der Waals surface area contributed by atoms with Crippen molar-refractivity contribution in [3.05, 3.63) is 76.6 Å². The summed E-state index contributed by atoms with van der Waals surface area (Å²) >= 11 is 1.56. The van der Waals surface area contributed by atoms with Crippen molar-refractivity contribution < 1.29 is 4.74 Å². The maximum atomic E-state index is 9.55. The lowest BCUT2D eigenvalue weighted by Crippen LogP contribution is -2.13. The topological polar surface area (TPSA) is 71.9 Å². The molecule has 2 heterocycles. The van der Waals surface area contributed by atoms with Gasteiger partial charge in [0.25, 0.3) is 0 Å². The normalized spacial score (nSPS) is 14.6. The number of nitrogens with zero attached hydrogens (tertiary/aromatic N) is 2. The first-order chi connectivity index (χ1) is 11.8. The van der Waals surface area contributed by atoms with Gasteiger partial charge in [-0.15, -0.1) is 11.3 Å². The first-order valence-corrected chi connectivity index (χ1v) is 8.29. The number of nitriles is 1. The van der Waals surface area contributed by atoms with Gasteiger partial charge in [-0.2, -0.15) is 5.26 Å². The van der Waals surface area contributed by atoms with E-state index in [1.807, 2.05) is 54.6 Å². The van der Waals surface area contributed by atoms with Crippen LogP contribution in [0, 0.1) is 11.3 Å². The maximum absolute atomic E-state index is 9.55. The van der Waals surface area contributed by atoms with E-state index in [0.29, 0.717) is 23.6 Å². The Labute approximate surface area is 143 Å². The zero-order chi connectivity index (χ0) is 16.5. The minimum absolute atomic E-state index is 0.312. The minimum atomic E-state index is 0.312. The van der Waals surface area contributed by atoms with Crippen LogP contribution in [0.2, 0.25) is 0 Å². The number of nitrogens with two attached hydrogens (primary N) is 1. The van der Waals surface area contributed by atoms with Crippen LogP contribution in [0.5, 0.6) is 0 Å². The number of fused-ring (bicyclic) bond motifs is 1. The smallest absolute Gasteiger partial charge is 0.197 e. The number of allylic oxidation sites excluding steroid dienone is 2. The lowest BCUT2D eigenvalue weighted by atomic mass is 10.00. The SMILES string of the molecule is N#CC1=C(c2ccccc2)OC(N)=C(c2nc3ccccc3s2)C1. The highest BCUT2D eigenvalue weighted by Crippen LogP contribution is 2.38. The number of aromatic nitrogens is 1. The Morgan fingerprint density at radius 1 is 1.08 bits per heavy atom. The van der Waals surface area contributed by atoms with Crippen molar-refractivity contribution in [2.24, 2.45) is 5.73 Å². The van der Waals surface area contributed by atoms with E-state index in [1.165, 1.54) is 0 Å². The Hall–Kier alpha value is -3.10. The molecule has 2 aromatic carbocycles. The average Bonchev–Trinajstić information content (AvgIpc) is 3.06. The van der Waals surface area contributed by atoms with Crippen molar-refractivity contribution >= 4 is 32.9 Å². The highest BCUT2D eigenvalue weighted by Gasteiger charge is 2.25. The highest BCUT2D eigenvalue weighted by atomic mass is 32.1. The molecule has 116 valence electrons. The predicted molar refractivity (Wildman–Crippen MR) is 95.4 cm³/mol. The Bertz CT molecular complexity index is 992. The molecule has 0 aliphatic carbocycles. The molecule has 4 rings (SSSR count). The molecule has 0 atom stereocenters. The monoisotopic (exact) mass is 331 g/mol. The number of ether oxygens (including phenoxy) is 1. The summed E-state index contributed by atoms with van der Waals surface area (Å²) in [7, 11) is 0. The fraction of sp³-hybridized carbons (Fsp3) is 0.0526. The second-order valence-electron chi connectivity index (χ2n) is 5.39. The molecule has 4 nitrogen and oxygen atoms in total. The highest BCUT2D eigenvalue weighted by molar-refractivity contribution is 7.19. The summed E-state index contributed by atoms with van der Waals surface area (Å²) in [5, 5.41) is 10.3. The van der Waals surface area contributed by atoms with E-state index in [-0.39, 0.29) is 0 Å². The number of hydrogen-bond donors (Lipinski definition) is 1. The summed E-state index contributed by atoms with van der Waals surface area (Å²) in [5.74, 6) is 0.840. The largest absolute Gasteiger partial charge is 0.440 e. The number of hydrogen-bond acceptors (Lipinski definition) is 5. The molecule has 1 aliphatic rings. The van der Waals surface area contributed by atoms with Crippen LogP contribution in [0.1, 0.15) is 17.0 Å². The molecule has 0 saturated heterocycles. The molecule has 0 spiro atoms. The Morgan fingerprint density at radius 2 is 1.83 bits per heavy atom. The molecule has 2 N–H and O–H groups in total. The Kier molecular flexibility index (Phi) is 3.52. The van der Waals surface area contributed by atoms with Gasteiger partial charge in [0.1, 0.15) is 5.01 Å². The lowest BCUT2D eigenvalue weighted by molar-refractivity contribution is 0.370. The molecule has 0 radical (unpaired) electrons. The van der Waals surface area contributed by atoms with E-state index in [2.05, 4.69) is 11.1 Å². The predicted octanol–water partition coefficient (Wildman–Crippen LogP) is 4.28. The second-order valence-corrected chi connectivity index (χ2v) is 6.42. The number of benzene rings is 2. The number of thiazole rings is 1. The van der Waals surface area contributed by atoms with E-state index < -0.39 is 0 Å². The van der Waals surface area contributed by atoms with Crippen molar-refractivity contribution in [3.8, 4) is 6.07 Å². The van der Waals surface area contributed by atoms with Crippen LogP contribution in [0.25, 0.3) is 21.5 Å². The third-order valence-corrected chi connectivity index (χ3v) is 4.96. The van der Waals surface area contributed by atoms with Gasteiger partial charge >= 0.3 is 0 Å². The van der Waals surface area contributed by atoms with E-state index >= 15 is 0 Å². The Balaban J connectivity index is 1.76. The van der Waals surface area contributed by atoms with Crippen molar-refractivity contribution in [3.63, 3.8) is 0 Å². The quantitative estimate of drug-likeness (QED) is 0.761. The fourth-order valence-corrected chi connectivity index (χ4v) is 3.69. The van der Waals surface area contributed by atoms with E-state index in [4.69, 9.17) is 10.5 Å². The van der Waals surface area contributed by atoms with Crippen LogP contribution in [-0.2, 0) is 4.74 Å². The molecule has 0 amide bonds. The number of rotatable bonds is 2.